The Morgan fingerprint density at radius 2 is 2.11 bits per heavy atom. The minimum Gasteiger partial charge on any atom is -0.378 e. The van der Waals surface area contributed by atoms with Crippen molar-refractivity contribution in [1.82, 2.24) is 4.31 Å². The summed E-state index contributed by atoms with van der Waals surface area (Å²) in [6, 6.07) is 0.286. The first-order valence-electron chi connectivity index (χ1n) is 6.77. The molecule has 18 heavy (non-hydrogen) atoms. The number of hydrogen-bond acceptors (Lipinski definition) is 4. The summed E-state index contributed by atoms with van der Waals surface area (Å²) in [6.07, 6.45) is 6.60. The lowest BCUT2D eigenvalue weighted by Gasteiger charge is -2.31. The van der Waals surface area contributed by atoms with Gasteiger partial charge in [0.15, 0.2) is 0 Å². The summed E-state index contributed by atoms with van der Waals surface area (Å²) in [5.74, 6) is 0.338. The van der Waals surface area contributed by atoms with Gasteiger partial charge >= 0.3 is 0 Å². The molecule has 1 aliphatic carbocycles. The summed E-state index contributed by atoms with van der Waals surface area (Å²) in [5.41, 5.74) is 5.85. The molecule has 106 valence electrons. The number of nitrogens with zero attached hydrogens (tertiary/aromatic N) is 1. The summed E-state index contributed by atoms with van der Waals surface area (Å²) < 4.78 is 30.5. The van der Waals surface area contributed by atoms with Crippen LogP contribution in [0.2, 0.25) is 0 Å². The molecule has 1 saturated carbocycles. The van der Waals surface area contributed by atoms with Gasteiger partial charge in [-0.1, -0.05) is 0 Å². The molecule has 0 aromatic rings. The van der Waals surface area contributed by atoms with E-state index in [1.807, 2.05) is 0 Å². The fourth-order valence-corrected chi connectivity index (χ4v) is 3.80. The van der Waals surface area contributed by atoms with E-state index in [0.29, 0.717) is 25.6 Å². The van der Waals surface area contributed by atoms with Crippen LogP contribution in [0.4, 0.5) is 0 Å². The molecule has 0 aromatic carbocycles. The van der Waals surface area contributed by atoms with Gasteiger partial charge in [0.2, 0.25) is 10.0 Å². The first-order chi connectivity index (χ1) is 8.45. The van der Waals surface area contributed by atoms with Crippen LogP contribution in [-0.2, 0) is 14.8 Å². The zero-order valence-electron chi connectivity index (χ0n) is 11.0. The van der Waals surface area contributed by atoms with E-state index in [9.17, 15) is 8.42 Å². The van der Waals surface area contributed by atoms with E-state index in [1.165, 1.54) is 6.26 Å². The van der Waals surface area contributed by atoms with Crippen molar-refractivity contribution >= 4 is 10.0 Å². The van der Waals surface area contributed by atoms with Crippen molar-refractivity contribution in [3.8, 4) is 0 Å². The van der Waals surface area contributed by atoms with Gasteiger partial charge in [0, 0.05) is 19.1 Å². The van der Waals surface area contributed by atoms with Crippen LogP contribution in [0, 0.1) is 5.92 Å². The van der Waals surface area contributed by atoms with Crippen molar-refractivity contribution in [2.45, 2.75) is 44.2 Å². The number of hydrogen-bond donors (Lipinski definition) is 1. The van der Waals surface area contributed by atoms with Crippen LogP contribution >= 0.6 is 0 Å². The zero-order valence-corrected chi connectivity index (χ0v) is 11.9. The highest BCUT2D eigenvalue weighted by Gasteiger charge is 2.28. The fraction of sp³-hybridized carbons (Fsp3) is 1.00. The van der Waals surface area contributed by atoms with E-state index in [0.717, 1.165) is 32.1 Å². The molecule has 2 fully saturated rings. The van der Waals surface area contributed by atoms with E-state index < -0.39 is 10.0 Å². The van der Waals surface area contributed by atoms with E-state index in [4.69, 9.17) is 10.5 Å². The number of rotatable bonds is 4. The summed E-state index contributed by atoms with van der Waals surface area (Å²) >= 11 is 0. The highest BCUT2D eigenvalue weighted by Crippen LogP contribution is 2.24. The SMILES string of the molecule is CS(=O)(=O)N1CCCC(COC2CCC(N)C2)C1. The maximum Gasteiger partial charge on any atom is 0.211 e. The fourth-order valence-electron chi connectivity index (χ4n) is 2.86. The number of sulfonamides is 1. The third kappa shape index (κ3) is 3.91. The average molecular weight is 276 g/mol. The molecule has 0 aromatic heterocycles. The molecule has 0 bridgehead atoms. The Morgan fingerprint density at radius 1 is 1.33 bits per heavy atom. The molecule has 6 heteroatoms. The lowest BCUT2D eigenvalue weighted by Crippen LogP contribution is -2.40. The molecule has 2 aliphatic rings. The van der Waals surface area contributed by atoms with Crippen molar-refractivity contribution in [2.75, 3.05) is 26.0 Å². The van der Waals surface area contributed by atoms with Crippen LogP contribution in [0.3, 0.4) is 0 Å². The summed E-state index contributed by atoms with van der Waals surface area (Å²) in [7, 11) is -3.05. The first-order valence-corrected chi connectivity index (χ1v) is 8.62. The van der Waals surface area contributed by atoms with Crippen LogP contribution in [0.1, 0.15) is 32.1 Å². The van der Waals surface area contributed by atoms with Gasteiger partial charge in [-0.2, -0.15) is 0 Å². The van der Waals surface area contributed by atoms with Crippen LogP contribution in [0.25, 0.3) is 0 Å². The normalized spacial score (nSPS) is 34.9. The Balaban J connectivity index is 1.76. The van der Waals surface area contributed by atoms with Gasteiger partial charge in [-0.3, -0.25) is 0 Å². The van der Waals surface area contributed by atoms with Gasteiger partial charge in [-0.15, -0.1) is 0 Å². The van der Waals surface area contributed by atoms with Gasteiger partial charge in [-0.05, 0) is 38.0 Å². The molecule has 2 N–H and O–H groups in total. The Labute approximate surface area is 110 Å². The van der Waals surface area contributed by atoms with Crippen molar-refractivity contribution in [3.63, 3.8) is 0 Å². The van der Waals surface area contributed by atoms with Crippen LogP contribution in [-0.4, -0.2) is 50.8 Å². The lowest BCUT2D eigenvalue weighted by molar-refractivity contribution is 0.0208. The van der Waals surface area contributed by atoms with Gasteiger partial charge in [-0.25, -0.2) is 12.7 Å². The molecule has 5 nitrogen and oxygen atoms in total. The quantitative estimate of drug-likeness (QED) is 0.814. The predicted octanol–water partition coefficient (Wildman–Crippen LogP) is 0.554. The number of nitrogens with two attached hydrogens (primary N) is 1. The Morgan fingerprint density at radius 3 is 2.72 bits per heavy atom. The maximum atomic E-state index is 11.5. The van der Waals surface area contributed by atoms with E-state index in [1.54, 1.807) is 4.31 Å². The molecule has 1 aliphatic heterocycles. The lowest BCUT2D eigenvalue weighted by atomic mass is 10.0. The minimum absolute atomic E-state index is 0.286. The molecule has 2 rings (SSSR count). The average Bonchev–Trinajstić information content (AvgIpc) is 2.72. The highest BCUT2D eigenvalue weighted by atomic mass is 32.2. The van der Waals surface area contributed by atoms with Gasteiger partial charge in [0.05, 0.1) is 19.0 Å². The molecule has 0 radical (unpaired) electrons. The van der Waals surface area contributed by atoms with Crippen molar-refractivity contribution < 1.29 is 13.2 Å². The van der Waals surface area contributed by atoms with Crippen molar-refractivity contribution in [3.05, 3.63) is 0 Å². The number of piperidine rings is 1. The largest absolute Gasteiger partial charge is 0.378 e. The molecule has 3 unspecified atom stereocenters. The van der Waals surface area contributed by atoms with E-state index in [2.05, 4.69) is 0 Å². The second-order valence-corrected chi connectivity index (χ2v) is 7.64. The summed E-state index contributed by atoms with van der Waals surface area (Å²) in [6.45, 7) is 1.94. The number of ether oxygens (including phenoxy) is 1. The van der Waals surface area contributed by atoms with Gasteiger partial charge in [0.25, 0.3) is 0 Å². The maximum absolute atomic E-state index is 11.5. The van der Waals surface area contributed by atoms with Crippen molar-refractivity contribution in [2.24, 2.45) is 11.7 Å². The Hall–Kier alpha value is -0.170. The molecule has 1 saturated heterocycles. The van der Waals surface area contributed by atoms with E-state index in [-0.39, 0.29) is 12.1 Å². The monoisotopic (exact) mass is 276 g/mol. The van der Waals surface area contributed by atoms with Gasteiger partial charge < -0.3 is 10.5 Å². The minimum atomic E-state index is -3.05. The molecule has 1 heterocycles. The molecule has 0 amide bonds. The molecular formula is C12H24N2O3S. The van der Waals surface area contributed by atoms with Crippen molar-refractivity contribution in [1.29, 1.82) is 0 Å². The predicted molar refractivity (Wildman–Crippen MR) is 70.7 cm³/mol. The van der Waals surface area contributed by atoms with E-state index >= 15 is 0 Å². The van der Waals surface area contributed by atoms with Crippen LogP contribution < -0.4 is 5.73 Å². The van der Waals surface area contributed by atoms with Gasteiger partial charge in [0.1, 0.15) is 0 Å². The zero-order chi connectivity index (χ0) is 13.2. The third-order valence-corrected chi connectivity index (χ3v) is 5.21. The smallest absolute Gasteiger partial charge is 0.211 e. The Bertz CT molecular complexity index is 372. The summed E-state index contributed by atoms with van der Waals surface area (Å²) in [4.78, 5) is 0. The first kappa shape index (κ1) is 14.2. The Kier molecular flexibility index (Phi) is 4.64. The summed E-state index contributed by atoms with van der Waals surface area (Å²) in [5, 5.41) is 0. The second kappa shape index (κ2) is 5.86. The molecule has 0 spiro atoms. The molecule has 3 atom stereocenters. The molecular weight excluding hydrogens is 252 g/mol. The highest BCUT2D eigenvalue weighted by molar-refractivity contribution is 7.88. The standard InChI is InChI=1S/C12H24N2O3S/c1-18(15,16)14-6-2-3-10(8-14)9-17-12-5-4-11(13)7-12/h10-12H,2-9,13H2,1H3. The van der Waals surface area contributed by atoms with Crippen LogP contribution in [0.15, 0.2) is 0 Å². The third-order valence-electron chi connectivity index (χ3n) is 3.94. The second-order valence-electron chi connectivity index (χ2n) is 5.66. The topological polar surface area (TPSA) is 72.6 Å². The van der Waals surface area contributed by atoms with Crippen LogP contribution in [0.5, 0.6) is 0 Å².